The van der Waals surface area contributed by atoms with Crippen LogP contribution in [0.15, 0.2) is 12.2 Å². The Morgan fingerprint density at radius 1 is 1.62 bits per heavy atom. The Morgan fingerprint density at radius 3 is 2.50 bits per heavy atom. The minimum Gasteiger partial charge on any atom is -0.0996 e. The zero-order chi connectivity index (χ0) is 5.72. The molecule has 2 rings (SSSR count). The van der Waals surface area contributed by atoms with Crippen LogP contribution in [-0.4, -0.2) is 0 Å². The average Bonchev–Trinajstić information content (AvgIpc) is 2.35. The van der Waals surface area contributed by atoms with Crippen molar-refractivity contribution in [3.8, 4) is 0 Å². The summed E-state index contributed by atoms with van der Waals surface area (Å²) in [5.74, 6) is 2.99. The van der Waals surface area contributed by atoms with Crippen LogP contribution in [0.1, 0.15) is 19.8 Å². The first-order valence-electron chi connectivity index (χ1n) is 3.46. The van der Waals surface area contributed by atoms with Crippen LogP contribution >= 0.6 is 0 Å². The van der Waals surface area contributed by atoms with Gasteiger partial charge in [-0.1, -0.05) is 19.1 Å². The quantitative estimate of drug-likeness (QED) is 0.417. The van der Waals surface area contributed by atoms with Gasteiger partial charge in [0, 0.05) is 0 Å². The molecule has 0 nitrogen and oxygen atoms in total. The van der Waals surface area contributed by atoms with Crippen LogP contribution in [0, 0.1) is 17.8 Å². The van der Waals surface area contributed by atoms with Crippen molar-refractivity contribution < 1.29 is 0 Å². The van der Waals surface area contributed by atoms with E-state index in [1.54, 1.807) is 0 Å². The molecule has 3 atom stereocenters. The molecule has 3 unspecified atom stereocenters. The van der Waals surface area contributed by atoms with Gasteiger partial charge >= 0.3 is 0 Å². The number of hydrogen-bond donors (Lipinski definition) is 0. The lowest BCUT2D eigenvalue weighted by atomic mass is 10.1. The molecule has 0 N–H and O–H groups in total. The van der Waals surface area contributed by atoms with Gasteiger partial charge in [0.1, 0.15) is 0 Å². The molecular formula is C8H12. The highest BCUT2D eigenvalue weighted by Crippen LogP contribution is 2.57. The second-order valence-electron chi connectivity index (χ2n) is 3.35. The number of rotatable bonds is 0. The normalized spacial score (nSPS) is 51.6. The van der Waals surface area contributed by atoms with Gasteiger partial charge in [-0.2, -0.15) is 0 Å². The lowest BCUT2D eigenvalue weighted by molar-refractivity contribution is 0.548. The van der Waals surface area contributed by atoms with E-state index in [0.29, 0.717) is 0 Å². The first kappa shape index (κ1) is 4.60. The highest BCUT2D eigenvalue weighted by Gasteiger charge is 2.48. The van der Waals surface area contributed by atoms with Gasteiger partial charge in [-0.15, -0.1) is 0 Å². The Morgan fingerprint density at radius 2 is 2.38 bits per heavy atom. The van der Waals surface area contributed by atoms with Crippen molar-refractivity contribution >= 4 is 0 Å². The Balaban J connectivity index is 2.19. The standard InChI is InChI=1S/C8H12/c1-5-3-6(2)8-4-7(5)8/h6-8H,1,3-4H2,2H3. The molecule has 0 radical (unpaired) electrons. The van der Waals surface area contributed by atoms with Crippen LogP contribution in [0.3, 0.4) is 0 Å². The van der Waals surface area contributed by atoms with Gasteiger partial charge in [-0.3, -0.25) is 0 Å². The van der Waals surface area contributed by atoms with E-state index in [2.05, 4.69) is 13.5 Å². The van der Waals surface area contributed by atoms with E-state index in [9.17, 15) is 0 Å². The third-order valence-electron chi connectivity index (χ3n) is 2.68. The molecule has 0 aromatic heterocycles. The number of fused-ring (bicyclic) bond motifs is 1. The Bertz CT molecular complexity index is 135. The Hall–Kier alpha value is -0.260. The minimum absolute atomic E-state index is 0.963. The molecular weight excluding hydrogens is 96.1 g/mol. The molecule has 0 aliphatic heterocycles. The number of allylic oxidation sites excluding steroid dienone is 1. The van der Waals surface area contributed by atoms with Crippen molar-refractivity contribution in [3.63, 3.8) is 0 Å². The lowest BCUT2D eigenvalue weighted by Crippen LogP contribution is -1.89. The molecule has 0 bridgehead atoms. The maximum Gasteiger partial charge on any atom is -0.0172 e. The monoisotopic (exact) mass is 108 g/mol. The van der Waals surface area contributed by atoms with E-state index < -0.39 is 0 Å². The molecule has 0 heterocycles. The molecule has 8 heavy (non-hydrogen) atoms. The summed E-state index contributed by atoms with van der Waals surface area (Å²) in [5, 5.41) is 0. The summed E-state index contributed by atoms with van der Waals surface area (Å²) < 4.78 is 0. The molecule has 2 aliphatic rings. The van der Waals surface area contributed by atoms with Gasteiger partial charge in [0.2, 0.25) is 0 Å². The maximum atomic E-state index is 4.03. The lowest BCUT2D eigenvalue weighted by Gasteiger charge is -2.00. The van der Waals surface area contributed by atoms with Crippen LogP contribution in [-0.2, 0) is 0 Å². The van der Waals surface area contributed by atoms with Crippen molar-refractivity contribution in [2.45, 2.75) is 19.8 Å². The zero-order valence-corrected chi connectivity index (χ0v) is 5.35. The van der Waals surface area contributed by atoms with Crippen LogP contribution in [0.2, 0.25) is 0 Å². The van der Waals surface area contributed by atoms with Gasteiger partial charge in [0.25, 0.3) is 0 Å². The van der Waals surface area contributed by atoms with Crippen LogP contribution in [0.5, 0.6) is 0 Å². The van der Waals surface area contributed by atoms with E-state index in [1.807, 2.05) is 0 Å². The molecule has 0 aromatic rings. The summed E-state index contributed by atoms with van der Waals surface area (Å²) in [6.07, 6.45) is 2.77. The van der Waals surface area contributed by atoms with Gasteiger partial charge in [0.05, 0.1) is 0 Å². The van der Waals surface area contributed by atoms with Gasteiger partial charge in [-0.25, -0.2) is 0 Å². The predicted octanol–water partition coefficient (Wildman–Crippen LogP) is 2.22. The summed E-state index contributed by atoms with van der Waals surface area (Å²) in [6, 6.07) is 0. The van der Waals surface area contributed by atoms with E-state index in [-0.39, 0.29) is 0 Å². The van der Waals surface area contributed by atoms with Crippen molar-refractivity contribution in [2.24, 2.45) is 17.8 Å². The van der Waals surface area contributed by atoms with E-state index >= 15 is 0 Å². The zero-order valence-electron chi connectivity index (χ0n) is 5.35. The number of hydrogen-bond acceptors (Lipinski definition) is 0. The smallest absolute Gasteiger partial charge is 0.0172 e. The van der Waals surface area contributed by atoms with E-state index in [1.165, 1.54) is 18.4 Å². The largest absolute Gasteiger partial charge is 0.0996 e. The first-order valence-corrected chi connectivity index (χ1v) is 3.46. The first-order chi connectivity index (χ1) is 3.79. The Kier molecular flexibility index (Phi) is 0.677. The fraction of sp³-hybridized carbons (Fsp3) is 0.750. The summed E-state index contributed by atoms with van der Waals surface area (Å²) in [7, 11) is 0. The SMILES string of the molecule is C=C1CC(C)C2CC12. The highest BCUT2D eigenvalue weighted by atomic mass is 14.5. The second-order valence-corrected chi connectivity index (χ2v) is 3.35. The third kappa shape index (κ3) is 0.410. The van der Waals surface area contributed by atoms with E-state index in [0.717, 1.165) is 17.8 Å². The highest BCUT2D eigenvalue weighted by molar-refractivity contribution is 5.20. The molecule has 2 saturated carbocycles. The average molecular weight is 108 g/mol. The van der Waals surface area contributed by atoms with Gasteiger partial charge < -0.3 is 0 Å². The summed E-state index contributed by atoms with van der Waals surface area (Å²) in [4.78, 5) is 0. The molecule has 0 spiro atoms. The van der Waals surface area contributed by atoms with Crippen LogP contribution < -0.4 is 0 Å². The molecule has 0 saturated heterocycles. The third-order valence-corrected chi connectivity index (χ3v) is 2.68. The van der Waals surface area contributed by atoms with Crippen LogP contribution in [0.25, 0.3) is 0 Å². The van der Waals surface area contributed by atoms with Gasteiger partial charge in [-0.05, 0) is 30.6 Å². The Labute approximate surface area is 50.6 Å². The van der Waals surface area contributed by atoms with Crippen LogP contribution in [0.4, 0.5) is 0 Å². The molecule has 2 aliphatic carbocycles. The second kappa shape index (κ2) is 1.18. The molecule has 44 valence electrons. The summed E-state index contributed by atoms with van der Waals surface area (Å²) in [6.45, 7) is 6.38. The van der Waals surface area contributed by atoms with Crippen molar-refractivity contribution in [2.75, 3.05) is 0 Å². The molecule has 2 fully saturated rings. The molecule has 0 heteroatoms. The van der Waals surface area contributed by atoms with Crippen molar-refractivity contribution in [1.29, 1.82) is 0 Å². The fourth-order valence-electron chi connectivity index (χ4n) is 2.03. The minimum atomic E-state index is 0.963. The van der Waals surface area contributed by atoms with Crippen molar-refractivity contribution in [1.82, 2.24) is 0 Å². The van der Waals surface area contributed by atoms with Gasteiger partial charge in [0.15, 0.2) is 0 Å². The van der Waals surface area contributed by atoms with Crippen molar-refractivity contribution in [3.05, 3.63) is 12.2 Å². The summed E-state index contributed by atoms with van der Waals surface area (Å²) >= 11 is 0. The molecule has 0 aromatic carbocycles. The fourth-order valence-corrected chi connectivity index (χ4v) is 2.03. The van der Waals surface area contributed by atoms with E-state index in [4.69, 9.17) is 0 Å². The summed E-state index contributed by atoms with van der Waals surface area (Å²) in [5.41, 5.74) is 1.53. The predicted molar refractivity (Wildman–Crippen MR) is 34.5 cm³/mol. The maximum absolute atomic E-state index is 4.03. The topological polar surface area (TPSA) is 0 Å². The molecule has 0 amide bonds.